The lowest BCUT2D eigenvalue weighted by Crippen LogP contribution is -2.17. The van der Waals surface area contributed by atoms with Crippen molar-refractivity contribution in [2.24, 2.45) is 0 Å². The molecule has 2 N–H and O–H groups in total. The molecule has 6 heteroatoms. The van der Waals surface area contributed by atoms with Gasteiger partial charge in [-0.15, -0.1) is 0 Å². The number of nitrogens with one attached hydrogen (secondary N) is 2. The van der Waals surface area contributed by atoms with Crippen LogP contribution in [-0.4, -0.2) is 23.5 Å². The molecule has 1 aromatic heterocycles. The number of amides is 1. The summed E-state index contributed by atoms with van der Waals surface area (Å²) >= 11 is 0. The molecular formula is C19H16N2O4. The van der Waals surface area contributed by atoms with Gasteiger partial charge in [-0.1, -0.05) is 24.3 Å². The van der Waals surface area contributed by atoms with Crippen LogP contribution in [0.15, 0.2) is 59.4 Å². The number of hydrogen-bond acceptors (Lipinski definition) is 4. The third-order valence-electron chi connectivity index (χ3n) is 3.63. The zero-order valence-corrected chi connectivity index (χ0v) is 13.5. The number of fused-ring (bicyclic) bond motifs is 1. The maximum atomic E-state index is 12.6. The number of para-hydroxylation sites is 1. The van der Waals surface area contributed by atoms with E-state index >= 15 is 0 Å². The molecule has 0 spiro atoms. The summed E-state index contributed by atoms with van der Waals surface area (Å²) in [6.45, 7) is 2.00. The molecule has 0 radical (unpaired) electrons. The fraction of sp³-hybridized carbons (Fsp3) is 0.105. The van der Waals surface area contributed by atoms with Crippen molar-refractivity contribution >= 4 is 28.5 Å². The molecular weight excluding hydrogens is 320 g/mol. The van der Waals surface area contributed by atoms with Crippen molar-refractivity contribution < 1.29 is 14.3 Å². The summed E-state index contributed by atoms with van der Waals surface area (Å²) in [4.78, 5) is 38.9. The first-order valence-electron chi connectivity index (χ1n) is 7.79. The van der Waals surface area contributed by atoms with E-state index in [-0.39, 0.29) is 17.7 Å². The Bertz CT molecular complexity index is 1010. The first kappa shape index (κ1) is 16.4. The van der Waals surface area contributed by atoms with Gasteiger partial charge in [0.25, 0.3) is 5.91 Å². The molecule has 2 aromatic carbocycles. The second kappa shape index (κ2) is 7.00. The molecule has 0 bridgehead atoms. The maximum absolute atomic E-state index is 12.6. The molecule has 0 saturated heterocycles. The highest BCUT2D eigenvalue weighted by Gasteiger charge is 2.13. The van der Waals surface area contributed by atoms with Gasteiger partial charge >= 0.3 is 5.97 Å². The van der Waals surface area contributed by atoms with Crippen molar-refractivity contribution in [2.45, 2.75) is 6.92 Å². The quantitative estimate of drug-likeness (QED) is 0.717. The topological polar surface area (TPSA) is 88.3 Å². The summed E-state index contributed by atoms with van der Waals surface area (Å²) in [6.07, 6.45) is 0. The SMILES string of the molecule is CCOC(=O)c1cccc(NC(=O)c2cc(=O)[nH]c3ccccc23)c1. The number of aromatic nitrogens is 1. The van der Waals surface area contributed by atoms with Crippen LogP contribution in [0.2, 0.25) is 0 Å². The molecule has 25 heavy (non-hydrogen) atoms. The van der Waals surface area contributed by atoms with Gasteiger partial charge in [-0.2, -0.15) is 0 Å². The Morgan fingerprint density at radius 2 is 1.88 bits per heavy atom. The number of H-pyrrole nitrogens is 1. The fourth-order valence-corrected chi connectivity index (χ4v) is 2.53. The fourth-order valence-electron chi connectivity index (χ4n) is 2.53. The number of pyridine rings is 1. The van der Waals surface area contributed by atoms with Gasteiger partial charge in [0.2, 0.25) is 5.56 Å². The highest BCUT2D eigenvalue weighted by Crippen LogP contribution is 2.17. The van der Waals surface area contributed by atoms with E-state index in [4.69, 9.17) is 4.74 Å². The summed E-state index contributed by atoms with van der Waals surface area (Å²) < 4.78 is 4.95. The van der Waals surface area contributed by atoms with Crippen LogP contribution in [-0.2, 0) is 4.74 Å². The van der Waals surface area contributed by atoms with Gasteiger partial charge in [0.1, 0.15) is 0 Å². The van der Waals surface area contributed by atoms with E-state index < -0.39 is 11.9 Å². The summed E-state index contributed by atoms with van der Waals surface area (Å²) in [5, 5.41) is 3.36. The largest absolute Gasteiger partial charge is 0.462 e. The van der Waals surface area contributed by atoms with Crippen molar-refractivity contribution in [1.82, 2.24) is 4.98 Å². The number of anilines is 1. The second-order valence-electron chi connectivity index (χ2n) is 5.35. The highest BCUT2D eigenvalue weighted by molar-refractivity contribution is 6.12. The van der Waals surface area contributed by atoms with Crippen LogP contribution in [0.3, 0.4) is 0 Å². The van der Waals surface area contributed by atoms with E-state index in [2.05, 4.69) is 10.3 Å². The lowest BCUT2D eigenvalue weighted by Gasteiger charge is -2.09. The number of carbonyl (C=O) groups excluding carboxylic acids is 2. The number of aromatic amines is 1. The van der Waals surface area contributed by atoms with E-state index in [0.29, 0.717) is 22.2 Å². The maximum Gasteiger partial charge on any atom is 0.338 e. The molecule has 3 rings (SSSR count). The van der Waals surface area contributed by atoms with Crippen molar-refractivity contribution in [3.63, 3.8) is 0 Å². The van der Waals surface area contributed by atoms with Crippen LogP contribution >= 0.6 is 0 Å². The summed E-state index contributed by atoms with van der Waals surface area (Å²) in [5.74, 6) is -0.886. The number of benzene rings is 2. The van der Waals surface area contributed by atoms with E-state index in [1.807, 2.05) is 0 Å². The van der Waals surface area contributed by atoms with E-state index in [9.17, 15) is 14.4 Å². The van der Waals surface area contributed by atoms with Gasteiger partial charge in [0.15, 0.2) is 0 Å². The number of hydrogen-bond donors (Lipinski definition) is 2. The first-order valence-corrected chi connectivity index (χ1v) is 7.79. The molecule has 0 aliphatic carbocycles. The lowest BCUT2D eigenvalue weighted by molar-refractivity contribution is 0.0526. The monoisotopic (exact) mass is 336 g/mol. The van der Waals surface area contributed by atoms with Gasteiger partial charge < -0.3 is 15.0 Å². The Hall–Kier alpha value is -3.41. The van der Waals surface area contributed by atoms with Crippen LogP contribution in [0.25, 0.3) is 10.9 Å². The zero-order chi connectivity index (χ0) is 17.8. The number of ether oxygens (including phenoxy) is 1. The number of rotatable bonds is 4. The average Bonchev–Trinajstić information content (AvgIpc) is 2.61. The molecule has 1 amide bonds. The highest BCUT2D eigenvalue weighted by atomic mass is 16.5. The summed E-state index contributed by atoms with van der Waals surface area (Å²) in [7, 11) is 0. The Balaban J connectivity index is 1.92. The molecule has 6 nitrogen and oxygen atoms in total. The predicted molar refractivity (Wildman–Crippen MR) is 94.9 cm³/mol. The minimum Gasteiger partial charge on any atom is -0.462 e. The molecule has 0 atom stereocenters. The first-order chi connectivity index (χ1) is 12.1. The predicted octanol–water partition coefficient (Wildman–Crippen LogP) is 2.96. The molecule has 0 fully saturated rings. The van der Waals surface area contributed by atoms with Crippen LogP contribution in [0.1, 0.15) is 27.6 Å². The third-order valence-corrected chi connectivity index (χ3v) is 3.63. The van der Waals surface area contributed by atoms with Crippen LogP contribution < -0.4 is 10.9 Å². The Morgan fingerprint density at radius 3 is 2.68 bits per heavy atom. The normalized spacial score (nSPS) is 10.4. The van der Waals surface area contributed by atoms with Gasteiger partial charge in [0, 0.05) is 22.7 Å². The van der Waals surface area contributed by atoms with Gasteiger partial charge in [-0.25, -0.2) is 4.79 Å². The molecule has 0 saturated carbocycles. The van der Waals surface area contributed by atoms with Crippen molar-refractivity contribution in [2.75, 3.05) is 11.9 Å². The molecule has 0 aliphatic heterocycles. The molecule has 3 aromatic rings. The van der Waals surface area contributed by atoms with Gasteiger partial charge in [0.05, 0.1) is 17.7 Å². The van der Waals surface area contributed by atoms with Gasteiger partial charge in [-0.3, -0.25) is 9.59 Å². The average molecular weight is 336 g/mol. The molecule has 0 unspecified atom stereocenters. The van der Waals surface area contributed by atoms with Crippen LogP contribution in [0, 0.1) is 0 Å². The van der Waals surface area contributed by atoms with Crippen molar-refractivity contribution in [1.29, 1.82) is 0 Å². The minimum atomic E-state index is -0.458. The number of esters is 1. The Morgan fingerprint density at radius 1 is 1.08 bits per heavy atom. The lowest BCUT2D eigenvalue weighted by atomic mass is 10.1. The summed E-state index contributed by atoms with van der Waals surface area (Å²) in [5.41, 5.74) is 1.28. The molecule has 126 valence electrons. The molecule has 0 aliphatic rings. The van der Waals surface area contributed by atoms with E-state index in [1.165, 1.54) is 12.1 Å². The molecule has 1 heterocycles. The van der Waals surface area contributed by atoms with Crippen LogP contribution in [0.5, 0.6) is 0 Å². The van der Waals surface area contributed by atoms with Crippen LogP contribution in [0.4, 0.5) is 5.69 Å². The number of carbonyl (C=O) groups is 2. The van der Waals surface area contributed by atoms with E-state index in [1.54, 1.807) is 49.4 Å². The zero-order valence-electron chi connectivity index (χ0n) is 13.5. The third kappa shape index (κ3) is 3.58. The van der Waals surface area contributed by atoms with E-state index in [0.717, 1.165) is 0 Å². The second-order valence-corrected chi connectivity index (χ2v) is 5.35. The smallest absolute Gasteiger partial charge is 0.338 e. The van der Waals surface area contributed by atoms with Crippen molar-refractivity contribution in [3.8, 4) is 0 Å². The standard InChI is InChI=1S/C19H16N2O4/c1-2-25-19(24)12-6-5-7-13(10-12)20-18(23)15-11-17(22)21-16-9-4-3-8-14(15)16/h3-11H,2H2,1H3,(H,20,23)(H,21,22). The van der Waals surface area contributed by atoms with Crippen molar-refractivity contribution in [3.05, 3.63) is 76.1 Å². The van der Waals surface area contributed by atoms with Gasteiger partial charge in [-0.05, 0) is 31.2 Å². The minimum absolute atomic E-state index is 0.265. The summed E-state index contributed by atoms with van der Waals surface area (Å²) in [6, 6.07) is 14.8. The Labute approximate surface area is 143 Å². The Kier molecular flexibility index (Phi) is 4.61.